The van der Waals surface area contributed by atoms with E-state index in [0.717, 1.165) is 6.42 Å². The van der Waals surface area contributed by atoms with Crippen molar-refractivity contribution in [2.75, 3.05) is 13.6 Å². The standard InChI is InChI=1S/C14H26N2O3/c1-14(2,12(17)18)16(3)13(19)15-10-9-11-7-5-4-6-8-11/h11H,4-10H2,1-3H3,(H,15,19)(H,17,18). The summed E-state index contributed by atoms with van der Waals surface area (Å²) in [6, 6.07) is -0.316. The highest BCUT2D eigenvalue weighted by atomic mass is 16.4. The lowest BCUT2D eigenvalue weighted by Gasteiger charge is -2.31. The van der Waals surface area contributed by atoms with E-state index in [4.69, 9.17) is 5.11 Å². The first-order valence-electron chi connectivity index (χ1n) is 7.10. The molecule has 5 nitrogen and oxygen atoms in total. The Balaban J connectivity index is 2.32. The van der Waals surface area contributed by atoms with Crippen molar-refractivity contribution < 1.29 is 14.7 Å². The number of nitrogens with one attached hydrogen (secondary N) is 1. The molecule has 1 rings (SSSR count). The van der Waals surface area contributed by atoms with Gasteiger partial charge in [0.15, 0.2) is 0 Å². The second-order valence-electron chi connectivity index (χ2n) is 5.95. The van der Waals surface area contributed by atoms with Crippen molar-refractivity contribution >= 4 is 12.0 Å². The van der Waals surface area contributed by atoms with Crippen molar-refractivity contribution in [3.8, 4) is 0 Å². The van der Waals surface area contributed by atoms with Crippen LogP contribution in [0.2, 0.25) is 0 Å². The van der Waals surface area contributed by atoms with Gasteiger partial charge in [0.05, 0.1) is 0 Å². The van der Waals surface area contributed by atoms with E-state index in [1.54, 1.807) is 0 Å². The van der Waals surface area contributed by atoms with Crippen LogP contribution in [0.1, 0.15) is 52.4 Å². The molecule has 0 radical (unpaired) electrons. The van der Waals surface area contributed by atoms with E-state index in [1.165, 1.54) is 57.9 Å². The first-order chi connectivity index (χ1) is 8.85. The molecule has 0 unspecified atom stereocenters. The van der Waals surface area contributed by atoms with E-state index in [-0.39, 0.29) is 6.03 Å². The lowest BCUT2D eigenvalue weighted by atomic mass is 9.87. The Bertz CT molecular complexity index is 323. The quantitative estimate of drug-likeness (QED) is 0.806. The Hall–Kier alpha value is -1.26. The van der Waals surface area contributed by atoms with E-state index in [2.05, 4.69) is 5.32 Å². The third-order valence-corrected chi connectivity index (χ3v) is 4.22. The predicted molar refractivity (Wildman–Crippen MR) is 74.1 cm³/mol. The number of nitrogens with zero attached hydrogens (tertiary/aromatic N) is 1. The number of carbonyl (C=O) groups is 2. The predicted octanol–water partition coefficient (Wildman–Crippen LogP) is 2.46. The number of hydrogen-bond acceptors (Lipinski definition) is 2. The van der Waals surface area contributed by atoms with Crippen molar-refractivity contribution in [2.45, 2.75) is 57.9 Å². The molecule has 2 N–H and O–H groups in total. The van der Waals surface area contributed by atoms with Gasteiger partial charge in [0.2, 0.25) is 0 Å². The molecule has 0 aromatic heterocycles. The molecule has 5 heteroatoms. The highest BCUT2D eigenvalue weighted by Gasteiger charge is 2.35. The van der Waals surface area contributed by atoms with E-state index < -0.39 is 11.5 Å². The number of carboxylic acid groups (broad SMARTS) is 1. The molecule has 19 heavy (non-hydrogen) atoms. The Kier molecular flexibility index (Phi) is 5.63. The molecule has 1 saturated carbocycles. The smallest absolute Gasteiger partial charge is 0.329 e. The maximum Gasteiger partial charge on any atom is 0.329 e. The van der Waals surface area contributed by atoms with Crippen LogP contribution >= 0.6 is 0 Å². The molecule has 1 fully saturated rings. The van der Waals surface area contributed by atoms with Gasteiger partial charge < -0.3 is 15.3 Å². The Morgan fingerprint density at radius 3 is 2.37 bits per heavy atom. The number of carboxylic acids is 1. The second-order valence-corrected chi connectivity index (χ2v) is 5.95. The summed E-state index contributed by atoms with van der Waals surface area (Å²) in [7, 11) is 1.52. The Morgan fingerprint density at radius 2 is 1.84 bits per heavy atom. The monoisotopic (exact) mass is 270 g/mol. The van der Waals surface area contributed by atoms with Crippen molar-refractivity contribution in [2.24, 2.45) is 5.92 Å². The number of hydrogen-bond donors (Lipinski definition) is 2. The lowest BCUT2D eigenvalue weighted by Crippen LogP contribution is -2.54. The Morgan fingerprint density at radius 1 is 1.26 bits per heavy atom. The SMILES string of the molecule is CN(C(=O)NCCC1CCCCC1)C(C)(C)C(=O)O. The van der Waals surface area contributed by atoms with Crippen LogP contribution in [0, 0.1) is 5.92 Å². The van der Waals surface area contributed by atoms with Gasteiger partial charge in [-0.1, -0.05) is 32.1 Å². The zero-order chi connectivity index (χ0) is 14.5. The van der Waals surface area contributed by atoms with Crippen LogP contribution in [0.25, 0.3) is 0 Å². The molecule has 0 bridgehead atoms. The maximum atomic E-state index is 11.9. The highest BCUT2D eigenvalue weighted by molar-refractivity contribution is 5.85. The fourth-order valence-corrected chi connectivity index (χ4v) is 2.37. The molecule has 1 aliphatic carbocycles. The van der Waals surface area contributed by atoms with Crippen LogP contribution in [0.15, 0.2) is 0 Å². The largest absolute Gasteiger partial charge is 0.480 e. The van der Waals surface area contributed by atoms with Crippen LogP contribution in [-0.4, -0.2) is 41.1 Å². The lowest BCUT2D eigenvalue weighted by molar-refractivity contribution is -0.146. The number of urea groups is 1. The molecule has 0 atom stereocenters. The van der Waals surface area contributed by atoms with Crippen LogP contribution in [0.3, 0.4) is 0 Å². The molecule has 0 aromatic carbocycles. The van der Waals surface area contributed by atoms with Crippen LogP contribution in [0.5, 0.6) is 0 Å². The van der Waals surface area contributed by atoms with Gasteiger partial charge in [-0.05, 0) is 26.2 Å². The van der Waals surface area contributed by atoms with Gasteiger partial charge in [-0.3, -0.25) is 0 Å². The molecule has 2 amide bonds. The molecule has 0 aromatic rings. The van der Waals surface area contributed by atoms with Gasteiger partial charge in [0.25, 0.3) is 0 Å². The van der Waals surface area contributed by atoms with Crippen LogP contribution < -0.4 is 5.32 Å². The summed E-state index contributed by atoms with van der Waals surface area (Å²) < 4.78 is 0. The van der Waals surface area contributed by atoms with Gasteiger partial charge in [-0.15, -0.1) is 0 Å². The average Bonchev–Trinajstić information content (AvgIpc) is 2.38. The molecule has 0 heterocycles. The van der Waals surface area contributed by atoms with Gasteiger partial charge in [-0.25, -0.2) is 9.59 Å². The zero-order valence-electron chi connectivity index (χ0n) is 12.2. The third-order valence-electron chi connectivity index (χ3n) is 4.22. The summed E-state index contributed by atoms with van der Waals surface area (Å²) in [6.45, 7) is 3.68. The summed E-state index contributed by atoms with van der Waals surface area (Å²) in [5.41, 5.74) is -1.19. The zero-order valence-corrected chi connectivity index (χ0v) is 12.2. The van der Waals surface area contributed by atoms with Gasteiger partial charge in [0, 0.05) is 13.6 Å². The van der Waals surface area contributed by atoms with E-state index >= 15 is 0 Å². The van der Waals surface area contributed by atoms with Crippen molar-refractivity contribution in [1.82, 2.24) is 10.2 Å². The topological polar surface area (TPSA) is 69.6 Å². The number of likely N-dealkylation sites (N-methyl/N-ethyl adjacent to an activating group) is 1. The first-order valence-corrected chi connectivity index (χ1v) is 7.10. The number of carbonyl (C=O) groups excluding carboxylic acids is 1. The summed E-state index contributed by atoms with van der Waals surface area (Å²) in [4.78, 5) is 24.2. The van der Waals surface area contributed by atoms with Crippen LogP contribution in [0.4, 0.5) is 4.79 Å². The normalized spacial score (nSPS) is 17.0. The molecule has 0 saturated heterocycles. The van der Waals surface area contributed by atoms with Crippen molar-refractivity contribution in [3.63, 3.8) is 0 Å². The summed E-state index contributed by atoms with van der Waals surface area (Å²) in [5, 5.41) is 11.9. The van der Waals surface area contributed by atoms with Crippen LogP contribution in [-0.2, 0) is 4.79 Å². The van der Waals surface area contributed by atoms with Gasteiger partial charge in [0.1, 0.15) is 5.54 Å². The fraction of sp³-hybridized carbons (Fsp3) is 0.857. The minimum atomic E-state index is -1.19. The van der Waals surface area contributed by atoms with E-state index in [1.807, 2.05) is 0 Å². The summed E-state index contributed by atoms with van der Waals surface area (Å²) in [5.74, 6) is -0.288. The van der Waals surface area contributed by atoms with Crippen molar-refractivity contribution in [1.29, 1.82) is 0 Å². The van der Waals surface area contributed by atoms with Gasteiger partial charge >= 0.3 is 12.0 Å². The summed E-state index contributed by atoms with van der Waals surface area (Å²) >= 11 is 0. The minimum absolute atomic E-state index is 0.316. The minimum Gasteiger partial charge on any atom is -0.480 e. The third kappa shape index (κ3) is 4.40. The number of amides is 2. The van der Waals surface area contributed by atoms with E-state index in [0.29, 0.717) is 12.5 Å². The number of aliphatic carboxylic acids is 1. The molecule has 1 aliphatic rings. The Labute approximate surface area is 115 Å². The first kappa shape index (κ1) is 15.8. The average molecular weight is 270 g/mol. The number of rotatable bonds is 5. The fourth-order valence-electron chi connectivity index (χ4n) is 2.37. The van der Waals surface area contributed by atoms with E-state index in [9.17, 15) is 9.59 Å². The highest BCUT2D eigenvalue weighted by Crippen LogP contribution is 2.25. The van der Waals surface area contributed by atoms with Gasteiger partial charge in [-0.2, -0.15) is 0 Å². The summed E-state index contributed by atoms with van der Waals surface area (Å²) in [6.07, 6.45) is 7.43. The molecule has 0 spiro atoms. The molecular formula is C14H26N2O3. The molecular weight excluding hydrogens is 244 g/mol. The molecule has 0 aliphatic heterocycles. The molecule has 110 valence electrons. The van der Waals surface area contributed by atoms with Crippen molar-refractivity contribution in [3.05, 3.63) is 0 Å². The second kappa shape index (κ2) is 6.78. The maximum absolute atomic E-state index is 11.9.